The van der Waals surface area contributed by atoms with Crippen LogP contribution >= 0.6 is 0 Å². The Kier molecular flexibility index (Phi) is 5.77. The molecule has 1 amide bonds. The molecule has 1 unspecified atom stereocenters. The number of aliphatic hydroxyl groups is 1. The van der Waals surface area contributed by atoms with Crippen molar-refractivity contribution < 1.29 is 9.90 Å². The van der Waals surface area contributed by atoms with Gasteiger partial charge in [-0.3, -0.25) is 4.79 Å². The number of likely N-dealkylation sites (tertiary alicyclic amines) is 1. The summed E-state index contributed by atoms with van der Waals surface area (Å²) in [5.74, 6) is 6.07. The molecule has 4 nitrogen and oxygen atoms in total. The zero-order chi connectivity index (χ0) is 15.1. The van der Waals surface area contributed by atoms with Gasteiger partial charge in [-0.25, -0.2) is 4.98 Å². The molecular formula is C17H22N2O2. The number of aromatic nitrogens is 1. The Balaban J connectivity index is 2.16. The van der Waals surface area contributed by atoms with Gasteiger partial charge in [0.1, 0.15) is 12.3 Å². The van der Waals surface area contributed by atoms with Crippen molar-refractivity contribution in [3.8, 4) is 11.8 Å². The van der Waals surface area contributed by atoms with Crippen LogP contribution in [0.4, 0.5) is 0 Å². The smallest absolute Gasteiger partial charge is 0.273 e. The van der Waals surface area contributed by atoms with Crippen molar-refractivity contribution in [2.24, 2.45) is 5.92 Å². The number of carbonyl (C=O) groups excluding carboxylic acids is 1. The summed E-state index contributed by atoms with van der Waals surface area (Å²) < 4.78 is 0. The molecule has 4 heteroatoms. The largest absolute Gasteiger partial charge is 0.384 e. The number of pyridine rings is 1. The van der Waals surface area contributed by atoms with Crippen LogP contribution in [0.25, 0.3) is 0 Å². The second-order valence-electron chi connectivity index (χ2n) is 5.36. The van der Waals surface area contributed by atoms with Crippen LogP contribution in [-0.2, 0) is 0 Å². The molecule has 0 bridgehead atoms. The number of hydrogen-bond acceptors (Lipinski definition) is 3. The van der Waals surface area contributed by atoms with Gasteiger partial charge in [0, 0.05) is 19.3 Å². The Hall–Kier alpha value is -1.86. The van der Waals surface area contributed by atoms with Crippen LogP contribution in [0.15, 0.2) is 18.3 Å². The summed E-state index contributed by atoms with van der Waals surface area (Å²) >= 11 is 0. The first-order chi connectivity index (χ1) is 10.3. The van der Waals surface area contributed by atoms with Crippen LogP contribution in [0.2, 0.25) is 0 Å². The van der Waals surface area contributed by atoms with E-state index in [1.165, 1.54) is 12.8 Å². The van der Waals surface area contributed by atoms with Crippen LogP contribution < -0.4 is 0 Å². The van der Waals surface area contributed by atoms with E-state index in [0.29, 0.717) is 11.3 Å². The van der Waals surface area contributed by atoms with Crippen LogP contribution in [0.3, 0.4) is 0 Å². The van der Waals surface area contributed by atoms with Crippen LogP contribution in [0.5, 0.6) is 0 Å². The maximum Gasteiger partial charge on any atom is 0.273 e. The van der Waals surface area contributed by atoms with Gasteiger partial charge < -0.3 is 10.0 Å². The molecule has 1 atom stereocenters. The lowest BCUT2D eigenvalue weighted by Crippen LogP contribution is -2.33. The molecule has 0 spiro atoms. The first kappa shape index (κ1) is 15.5. The van der Waals surface area contributed by atoms with Crippen LogP contribution in [-0.4, -0.2) is 40.6 Å². The SMILES string of the molecule is CCC1CCCN(C(=O)c2ncccc2C#CCO)CC1. The van der Waals surface area contributed by atoms with Crippen molar-refractivity contribution in [1.82, 2.24) is 9.88 Å². The number of nitrogens with zero attached hydrogens (tertiary/aromatic N) is 2. The van der Waals surface area contributed by atoms with Crippen molar-refractivity contribution in [3.05, 3.63) is 29.6 Å². The number of carbonyl (C=O) groups is 1. The summed E-state index contributed by atoms with van der Waals surface area (Å²) in [6, 6.07) is 3.53. The predicted molar refractivity (Wildman–Crippen MR) is 81.7 cm³/mol. The van der Waals surface area contributed by atoms with E-state index in [2.05, 4.69) is 23.7 Å². The third-order valence-electron chi connectivity index (χ3n) is 4.02. The highest BCUT2D eigenvalue weighted by atomic mass is 16.2. The van der Waals surface area contributed by atoms with Gasteiger partial charge >= 0.3 is 0 Å². The molecule has 1 aliphatic heterocycles. The minimum absolute atomic E-state index is 0.0467. The molecule has 21 heavy (non-hydrogen) atoms. The van der Waals surface area contributed by atoms with Gasteiger partial charge in [0.15, 0.2) is 0 Å². The molecule has 1 saturated heterocycles. The lowest BCUT2D eigenvalue weighted by Gasteiger charge is -2.20. The van der Waals surface area contributed by atoms with Crippen LogP contribution in [0.1, 0.15) is 48.7 Å². The van der Waals surface area contributed by atoms with Crippen LogP contribution in [0, 0.1) is 17.8 Å². The maximum absolute atomic E-state index is 12.7. The van der Waals surface area contributed by atoms with Gasteiger partial charge in [0.2, 0.25) is 0 Å². The number of aliphatic hydroxyl groups excluding tert-OH is 1. The van der Waals surface area contributed by atoms with Crippen molar-refractivity contribution in [2.75, 3.05) is 19.7 Å². The summed E-state index contributed by atoms with van der Waals surface area (Å²) in [6.45, 7) is 3.58. The molecule has 1 N–H and O–H groups in total. The summed E-state index contributed by atoms with van der Waals surface area (Å²) in [7, 11) is 0. The maximum atomic E-state index is 12.7. The first-order valence-electron chi connectivity index (χ1n) is 7.60. The Labute approximate surface area is 126 Å². The fourth-order valence-corrected chi connectivity index (χ4v) is 2.74. The molecule has 1 aromatic rings. The Bertz CT molecular complexity index is 545. The molecule has 2 heterocycles. The van der Waals surface area contributed by atoms with Crippen molar-refractivity contribution in [3.63, 3.8) is 0 Å². The molecule has 0 aliphatic carbocycles. The molecule has 0 aromatic carbocycles. The Morgan fingerprint density at radius 3 is 3.10 bits per heavy atom. The van der Waals surface area contributed by atoms with Gasteiger partial charge in [-0.15, -0.1) is 0 Å². The number of amides is 1. The predicted octanol–water partition coefficient (Wildman–Crippen LogP) is 2.08. The lowest BCUT2D eigenvalue weighted by atomic mass is 9.98. The van der Waals surface area contributed by atoms with Gasteiger partial charge in [0.05, 0.1) is 5.56 Å². The van der Waals surface area contributed by atoms with Crippen molar-refractivity contribution in [1.29, 1.82) is 0 Å². The fraction of sp³-hybridized carbons (Fsp3) is 0.529. The van der Waals surface area contributed by atoms with Gasteiger partial charge in [0.25, 0.3) is 5.91 Å². The molecule has 2 rings (SSSR count). The summed E-state index contributed by atoms with van der Waals surface area (Å²) in [5, 5.41) is 8.81. The van der Waals surface area contributed by atoms with E-state index in [4.69, 9.17) is 5.11 Å². The van der Waals surface area contributed by atoms with Gasteiger partial charge in [-0.2, -0.15) is 0 Å². The Morgan fingerprint density at radius 1 is 1.48 bits per heavy atom. The average Bonchev–Trinajstić information content (AvgIpc) is 2.78. The monoisotopic (exact) mass is 286 g/mol. The standard InChI is InChI=1S/C17H22N2O2/c1-2-14-6-4-11-19(12-9-14)17(21)16-15(8-5-13-20)7-3-10-18-16/h3,7,10,14,20H,2,4,6,9,11-13H2,1H3. The second-order valence-corrected chi connectivity index (χ2v) is 5.36. The van der Waals surface area contributed by atoms with E-state index < -0.39 is 0 Å². The van der Waals surface area contributed by atoms with Gasteiger partial charge in [-0.05, 0) is 37.3 Å². The average molecular weight is 286 g/mol. The van der Waals surface area contributed by atoms with E-state index in [1.54, 1.807) is 18.3 Å². The summed E-state index contributed by atoms with van der Waals surface area (Å²) in [6.07, 6.45) is 6.10. The lowest BCUT2D eigenvalue weighted by molar-refractivity contribution is 0.0753. The molecule has 1 fully saturated rings. The van der Waals surface area contributed by atoms with Crippen molar-refractivity contribution in [2.45, 2.75) is 32.6 Å². The molecule has 1 aliphatic rings. The third kappa shape index (κ3) is 4.05. The molecular weight excluding hydrogens is 264 g/mol. The van der Waals surface area contributed by atoms with E-state index in [0.717, 1.165) is 31.8 Å². The zero-order valence-electron chi connectivity index (χ0n) is 12.5. The quantitative estimate of drug-likeness (QED) is 0.847. The van der Waals surface area contributed by atoms with E-state index in [-0.39, 0.29) is 12.5 Å². The second kappa shape index (κ2) is 7.80. The highest BCUT2D eigenvalue weighted by Crippen LogP contribution is 2.21. The highest BCUT2D eigenvalue weighted by molar-refractivity contribution is 5.94. The van der Waals surface area contributed by atoms with E-state index in [9.17, 15) is 4.79 Å². The third-order valence-corrected chi connectivity index (χ3v) is 4.02. The van der Waals surface area contributed by atoms with E-state index in [1.807, 2.05) is 4.90 Å². The normalized spacial score (nSPS) is 18.6. The molecule has 1 aromatic heterocycles. The molecule has 112 valence electrons. The fourth-order valence-electron chi connectivity index (χ4n) is 2.74. The zero-order valence-corrected chi connectivity index (χ0v) is 12.5. The first-order valence-corrected chi connectivity index (χ1v) is 7.60. The highest BCUT2D eigenvalue weighted by Gasteiger charge is 2.23. The minimum atomic E-state index is -0.218. The Morgan fingerprint density at radius 2 is 2.33 bits per heavy atom. The minimum Gasteiger partial charge on any atom is -0.384 e. The van der Waals surface area contributed by atoms with Crippen molar-refractivity contribution >= 4 is 5.91 Å². The molecule has 0 radical (unpaired) electrons. The summed E-state index contributed by atoms with van der Waals surface area (Å²) in [4.78, 5) is 18.8. The number of rotatable bonds is 2. The van der Waals surface area contributed by atoms with E-state index >= 15 is 0 Å². The topological polar surface area (TPSA) is 53.4 Å². The number of hydrogen-bond donors (Lipinski definition) is 1. The molecule has 0 saturated carbocycles. The van der Waals surface area contributed by atoms with Gasteiger partial charge in [-0.1, -0.05) is 25.2 Å². The summed E-state index contributed by atoms with van der Waals surface area (Å²) in [5.41, 5.74) is 0.987.